The number of aryl methyl sites for hydroxylation is 2. The fourth-order valence-corrected chi connectivity index (χ4v) is 5.53. The smallest absolute Gasteiger partial charge is 0.274 e. The van der Waals surface area contributed by atoms with E-state index in [1.54, 1.807) is 4.90 Å². The Balaban J connectivity index is 1.66. The predicted molar refractivity (Wildman–Crippen MR) is 102 cm³/mol. The molecule has 0 spiro atoms. The molecule has 1 aromatic heterocycles. The van der Waals surface area contributed by atoms with Crippen molar-refractivity contribution >= 4 is 17.2 Å². The van der Waals surface area contributed by atoms with Crippen molar-refractivity contribution in [3.05, 3.63) is 40.5 Å². The summed E-state index contributed by atoms with van der Waals surface area (Å²) in [6, 6.07) is 7.62. The van der Waals surface area contributed by atoms with Gasteiger partial charge in [-0.3, -0.25) is 4.79 Å². The summed E-state index contributed by atoms with van der Waals surface area (Å²) >= 11 is 1.48. The average Bonchev–Trinajstić information content (AvgIpc) is 3.23. The number of hydrogen-bond acceptors (Lipinski definition) is 4. The highest BCUT2D eigenvalue weighted by Gasteiger charge is 2.55. The molecule has 2 heterocycles. The second-order valence-corrected chi connectivity index (χ2v) is 8.93. The van der Waals surface area contributed by atoms with Crippen molar-refractivity contribution in [1.82, 2.24) is 9.88 Å². The molecule has 0 bridgehead atoms. The molecule has 144 valence electrons. The normalized spacial score (nSPS) is 26.4. The van der Waals surface area contributed by atoms with Crippen LogP contribution < -0.4 is 5.73 Å². The van der Waals surface area contributed by atoms with Crippen LogP contribution in [0, 0.1) is 25.7 Å². The summed E-state index contributed by atoms with van der Waals surface area (Å²) in [6.07, 6.45) is -0.330. The lowest BCUT2D eigenvalue weighted by molar-refractivity contribution is -0.00586. The number of likely N-dealkylation sites (tertiary alicyclic amines) is 1. The van der Waals surface area contributed by atoms with E-state index in [4.69, 9.17) is 5.73 Å². The Bertz CT molecular complexity index is 882. The quantitative estimate of drug-likeness (QED) is 0.864. The summed E-state index contributed by atoms with van der Waals surface area (Å²) in [4.78, 5) is 20.3. The molecular formula is C20H23F2N3OS. The first-order valence-corrected chi connectivity index (χ1v) is 10.0. The van der Waals surface area contributed by atoms with Crippen LogP contribution in [0.3, 0.4) is 0 Å². The number of nitrogens with zero attached hydrogens (tertiary/aromatic N) is 2. The van der Waals surface area contributed by atoms with Crippen LogP contribution >= 0.6 is 11.3 Å². The van der Waals surface area contributed by atoms with Crippen LogP contribution in [-0.4, -0.2) is 40.8 Å². The zero-order valence-corrected chi connectivity index (χ0v) is 16.2. The lowest BCUT2D eigenvalue weighted by atomic mass is 9.94. The molecule has 1 amide bonds. The van der Waals surface area contributed by atoms with Crippen molar-refractivity contribution in [2.24, 2.45) is 17.6 Å². The van der Waals surface area contributed by atoms with Gasteiger partial charge in [0.1, 0.15) is 5.69 Å². The molecule has 4 rings (SSSR count). The highest BCUT2D eigenvalue weighted by Crippen LogP contribution is 2.50. The van der Waals surface area contributed by atoms with Gasteiger partial charge in [-0.1, -0.05) is 29.8 Å². The summed E-state index contributed by atoms with van der Waals surface area (Å²) in [5.41, 5.74) is 8.38. The molecule has 2 aromatic rings. The molecule has 2 N–H and O–H groups in total. The third-order valence-electron chi connectivity index (χ3n) is 5.75. The largest absolute Gasteiger partial charge is 0.332 e. The number of rotatable bonds is 3. The van der Waals surface area contributed by atoms with Gasteiger partial charge in [-0.25, -0.2) is 13.8 Å². The van der Waals surface area contributed by atoms with Gasteiger partial charge in [-0.2, -0.15) is 0 Å². The molecule has 0 radical (unpaired) electrons. The first-order chi connectivity index (χ1) is 12.8. The van der Waals surface area contributed by atoms with Gasteiger partial charge in [0.05, 0.1) is 9.88 Å². The highest BCUT2D eigenvalue weighted by atomic mass is 32.1. The third kappa shape index (κ3) is 3.27. The van der Waals surface area contributed by atoms with Gasteiger partial charge in [0.25, 0.3) is 5.91 Å². The number of amides is 1. The maximum Gasteiger partial charge on any atom is 0.274 e. The van der Waals surface area contributed by atoms with Crippen LogP contribution in [0.5, 0.6) is 0 Å². The summed E-state index contributed by atoms with van der Waals surface area (Å²) < 4.78 is 27.6. The Morgan fingerprint density at radius 1 is 1.37 bits per heavy atom. The van der Waals surface area contributed by atoms with Gasteiger partial charge >= 0.3 is 0 Å². The molecule has 1 aromatic carbocycles. The van der Waals surface area contributed by atoms with E-state index in [2.05, 4.69) is 4.98 Å². The Morgan fingerprint density at radius 3 is 2.85 bits per heavy atom. The number of thiazole rings is 1. The number of aromatic nitrogens is 1. The van der Waals surface area contributed by atoms with Gasteiger partial charge in [0.15, 0.2) is 0 Å². The van der Waals surface area contributed by atoms with Crippen molar-refractivity contribution in [1.29, 1.82) is 0 Å². The SMILES string of the molecule is Cc1cccc(-c2sc(C)nc2C(=O)N2CC3CC(F)(F)C[C@@H]3C2CN)c1. The van der Waals surface area contributed by atoms with Gasteiger partial charge in [0, 0.05) is 32.0 Å². The van der Waals surface area contributed by atoms with Crippen LogP contribution in [-0.2, 0) is 0 Å². The van der Waals surface area contributed by atoms with Gasteiger partial charge in [-0.05, 0) is 31.2 Å². The maximum atomic E-state index is 13.8. The molecular weight excluding hydrogens is 368 g/mol. The zero-order valence-electron chi connectivity index (χ0n) is 15.4. The molecule has 7 heteroatoms. The van der Waals surface area contributed by atoms with E-state index in [1.165, 1.54) is 11.3 Å². The number of fused-ring (bicyclic) bond motifs is 1. The number of benzene rings is 1. The molecule has 1 saturated carbocycles. The molecule has 2 unspecified atom stereocenters. The minimum Gasteiger partial charge on any atom is -0.332 e. The van der Waals surface area contributed by atoms with Crippen molar-refractivity contribution in [3.63, 3.8) is 0 Å². The number of carbonyl (C=O) groups excluding carboxylic acids is 1. The van der Waals surface area contributed by atoms with E-state index in [1.807, 2.05) is 38.1 Å². The standard InChI is InChI=1S/C20H23F2N3OS/c1-11-4-3-5-13(6-11)18-17(24-12(2)27-18)19(26)25-10-14-7-20(21,22)8-15(14)16(25)9-23/h3-6,14-16H,7-10,23H2,1-2H3/t14?,15-,16?/m0/s1. The van der Waals surface area contributed by atoms with E-state index in [0.717, 1.165) is 21.0 Å². The van der Waals surface area contributed by atoms with Gasteiger partial charge in [-0.15, -0.1) is 11.3 Å². The summed E-state index contributed by atoms with van der Waals surface area (Å²) in [6.45, 7) is 4.42. The monoisotopic (exact) mass is 391 g/mol. The molecule has 4 nitrogen and oxygen atoms in total. The van der Waals surface area contributed by atoms with Gasteiger partial charge < -0.3 is 10.6 Å². The van der Waals surface area contributed by atoms with Gasteiger partial charge in [0.2, 0.25) is 5.92 Å². The van der Waals surface area contributed by atoms with E-state index < -0.39 is 5.92 Å². The predicted octanol–water partition coefficient (Wildman–Crippen LogP) is 3.87. The Labute approximate surface area is 161 Å². The molecule has 1 saturated heterocycles. The summed E-state index contributed by atoms with van der Waals surface area (Å²) in [5, 5.41) is 0.810. The first kappa shape index (κ1) is 18.5. The second kappa shape index (κ2) is 6.63. The van der Waals surface area contributed by atoms with Crippen LogP contribution in [0.25, 0.3) is 10.4 Å². The fraction of sp³-hybridized carbons (Fsp3) is 0.500. The topological polar surface area (TPSA) is 59.2 Å². The van der Waals surface area contributed by atoms with Crippen molar-refractivity contribution < 1.29 is 13.6 Å². The maximum absolute atomic E-state index is 13.8. The third-order valence-corrected chi connectivity index (χ3v) is 6.77. The summed E-state index contributed by atoms with van der Waals surface area (Å²) in [5.74, 6) is -3.23. The summed E-state index contributed by atoms with van der Waals surface area (Å²) in [7, 11) is 0. The number of nitrogens with two attached hydrogens (primary N) is 1. The molecule has 1 aliphatic heterocycles. The Kier molecular flexibility index (Phi) is 4.55. The first-order valence-electron chi connectivity index (χ1n) is 9.22. The molecule has 2 aliphatic rings. The Hall–Kier alpha value is -1.86. The van der Waals surface area contributed by atoms with Crippen molar-refractivity contribution in [3.8, 4) is 10.4 Å². The molecule has 27 heavy (non-hydrogen) atoms. The van der Waals surface area contributed by atoms with E-state index in [0.29, 0.717) is 12.2 Å². The van der Waals surface area contributed by atoms with Crippen LogP contribution in [0.1, 0.15) is 33.9 Å². The minimum absolute atomic E-state index is 0.154. The van der Waals surface area contributed by atoms with Crippen LogP contribution in [0.2, 0.25) is 0 Å². The van der Waals surface area contributed by atoms with E-state index in [9.17, 15) is 13.6 Å². The fourth-order valence-electron chi connectivity index (χ4n) is 4.62. The number of carbonyl (C=O) groups is 1. The lowest BCUT2D eigenvalue weighted by Gasteiger charge is -2.27. The van der Waals surface area contributed by atoms with Crippen LogP contribution in [0.4, 0.5) is 8.78 Å². The van der Waals surface area contributed by atoms with E-state index in [-0.39, 0.29) is 43.2 Å². The van der Waals surface area contributed by atoms with Crippen molar-refractivity contribution in [2.75, 3.05) is 13.1 Å². The number of alkyl halides is 2. The van der Waals surface area contributed by atoms with Crippen molar-refractivity contribution in [2.45, 2.75) is 38.7 Å². The molecule has 1 aliphatic carbocycles. The van der Waals surface area contributed by atoms with E-state index >= 15 is 0 Å². The Morgan fingerprint density at radius 2 is 2.15 bits per heavy atom. The molecule has 3 atom stereocenters. The lowest BCUT2D eigenvalue weighted by Crippen LogP contribution is -2.43. The average molecular weight is 391 g/mol. The highest BCUT2D eigenvalue weighted by molar-refractivity contribution is 7.15. The molecule has 2 fully saturated rings. The number of halogens is 2. The van der Waals surface area contributed by atoms with Crippen LogP contribution in [0.15, 0.2) is 24.3 Å². The second-order valence-electron chi connectivity index (χ2n) is 7.73. The number of hydrogen-bond donors (Lipinski definition) is 1. The zero-order chi connectivity index (χ0) is 19.3. The minimum atomic E-state index is -2.64.